The normalized spacial score (nSPS) is 13.1. The summed E-state index contributed by atoms with van der Waals surface area (Å²) in [5.74, 6) is 0. The van der Waals surface area contributed by atoms with E-state index in [1.165, 1.54) is 0 Å². The smallest absolute Gasteiger partial charge is 0.0899 e. The summed E-state index contributed by atoms with van der Waals surface area (Å²) in [4.78, 5) is 7.01. The molecule has 14 heavy (non-hydrogen) atoms. The summed E-state index contributed by atoms with van der Waals surface area (Å²) in [6, 6.07) is 0.118. The molecule has 0 aliphatic rings. The number of nitrogens with two attached hydrogens (primary N) is 1. The molecular formula is C9H15N3S2. The Bertz CT molecular complexity index is 322. The molecule has 0 amide bonds. The van der Waals surface area contributed by atoms with Gasteiger partial charge in [0.25, 0.3) is 0 Å². The fourth-order valence-corrected chi connectivity index (χ4v) is 1.87. The second-order valence-corrected chi connectivity index (χ2v) is 4.88. The van der Waals surface area contributed by atoms with Crippen molar-refractivity contribution in [3.8, 4) is 0 Å². The maximum absolute atomic E-state index is 5.57. The maximum atomic E-state index is 5.57. The van der Waals surface area contributed by atoms with Gasteiger partial charge in [0.2, 0.25) is 0 Å². The van der Waals surface area contributed by atoms with Crippen molar-refractivity contribution in [1.82, 2.24) is 9.88 Å². The highest BCUT2D eigenvalue weighted by Gasteiger charge is 2.12. The van der Waals surface area contributed by atoms with E-state index in [2.05, 4.69) is 15.3 Å². The quantitative estimate of drug-likeness (QED) is 0.796. The lowest BCUT2D eigenvalue weighted by molar-refractivity contribution is 0.301. The Hall–Kier alpha value is -0.520. The Kier molecular flexibility index (Phi) is 3.97. The molecular weight excluding hydrogens is 214 g/mol. The highest BCUT2D eigenvalue weighted by Crippen LogP contribution is 2.11. The van der Waals surface area contributed by atoms with Crippen LogP contribution >= 0.6 is 23.6 Å². The molecule has 78 valence electrons. The molecule has 5 heteroatoms. The van der Waals surface area contributed by atoms with Crippen LogP contribution in [0.1, 0.15) is 17.6 Å². The maximum Gasteiger partial charge on any atom is 0.0899 e. The first kappa shape index (κ1) is 11.6. The summed E-state index contributed by atoms with van der Waals surface area (Å²) >= 11 is 6.60. The second-order valence-electron chi connectivity index (χ2n) is 3.35. The predicted octanol–water partition coefficient (Wildman–Crippen LogP) is 1.56. The molecule has 1 unspecified atom stereocenters. The lowest BCUT2D eigenvalue weighted by Gasteiger charge is -2.22. The molecule has 1 heterocycles. The second kappa shape index (κ2) is 4.82. The molecule has 1 aromatic heterocycles. The molecule has 0 bridgehead atoms. The van der Waals surface area contributed by atoms with Gasteiger partial charge < -0.3 is 5.73 Å². The minimum Gasteiger partial charge on any atom is -0.392 e. The van der Waals surface area contributed by atoms with Crippen LogP contribution in [0.25, 0.3) is 0 Å². The summed E-state index contributed by atoms with van der Waals surface area (Å²) in [6.45, 7) is 4.80. The molecule has 0 aliphatic carbocycles. The largest absolute Gasteiger partial charge is 0.392 e. The van der Waals surface area contributed by atoms with E-state index in [1.807, 2.05) is 20.9 Å². The van der Waals surface area contributed by atoms with Gasteiger partial charge >= 0.3 is 0 Å². The van der Waals surface area contributed by atoms with Crippen molar-refractivity contribution >= 4 is 28.5 Å². The van der Waals surface area contributed by atoms with Gasteiger partial charge in [0.15, 0.2) is 0 Å². The Morgan fingerprint density at radius 2 is 2.43 bits per heavy atom. The molecule has 0 radical (unpaired) electrons. The van der Waals surface area contributed by atoms with Gasteiger partial charge in [-0.15, -0.1) is 11.3 Å². The lowest BCUT2D eigenvalue weighted by atomic mass is 10.3. The average Bonchev–Trinajstić information content (AvgIpc) is 2.49. The summed E-state index contributed by atoms with van der Waals surface area (Å²) in [7, 11) is 2.00. The Labute approximate surface area is 93.9 Å². The molecule has 0 saturated heterocycles. The first-order chi connectivity index (χ1) is 6.50. The summed E-state index contributed by atoms with van der Waals surface area (Å²) in [5, 5.41) is 3.16. The van der Waals surface area contributed by atoms with Gasteiger partial charge in [-0.3, -0.25) is 4.90 Å². The van der Waals surface area contributed by atoms with Gasteiger partial charge in [-0.2, -0.15) is 0 Å². The molecule has 0 fully saturated rings. The van der Waals surface area contributed by atoms with Crippen LogP contribution in [0.2, 0.25) is 0 Å². The van der Waals surface area contributed by atoms with Crippen LogP contribution in [-0.4, -0.2) is 28.0 Å². The Balaban J connectivity index is 2.56. The zero-order valence-electron chi connectivity index (χ0n) is 8.65. The van der Waals surface area contributed by atoms with Crippen LogP contribution in [0, 0.1) is 6.92 Å². The highest BCUT2D eigenvalue weighted by atomic mass is 32.1. The number of thiazole rings is 1. The first-order valence-corrected chi connectivity index (χ1v) is 5.70. The third kappa shape index (κ3) is 3.01. The minimum atomic E-state index is 0.118. The van der Waals surface area contributed by atoms with E-state index in [0.717, 1.165) is 17.2 Å². The molecule has 0 saturated carbocycles. The number of aromatic nitrogens is 1. The van der Waals surface area contributed by atoms with E-state index < -0.39 is 0 Å². The summed E-state index contributed by atoms with van der Waals surface area (Å²) < 4.78 is 0. The number of rotatable bonds is 4. The Morgan fingerprint density at radius 1 is 1.79 bits per heavy atom. The standard InChI is InChI=1S/C9H15N3S2/c1-6(9(10)13)12(3)4-8-5-14-7(2)11-8/h5-6H,4H2,1-3H3,(H2,10,13). The first-order valence-electron chi connectivity index (χ1n) is 4.41. The van der Waals surface area contributed by atoms with Crippen LogP contribution < -0.4 is 5.73 Å². The number of likely N-dealkylation sites (N-methyl/N-ethyl adjacent to an activating group) is 1. The third-order valence-corrected chi connectivity index (χ3v) is 3.31. The number of thiocarbonyl (C=S) groups is 1. The summed E-state index contributed by atoms with van der Waals surface area (Å²) in [5.41, 5.74) is 6.65. The van der Waals surface area contributed by atoms with Gasteiger partial charge in [0, 0.05) is 11.9 Å². The van der Waals surface area contributed by atoms with Crippen molar-refractivity contribution in [2.45, 2.75) is 26.4 Å². The van der Waals surface area contributed by atoms with Crippen molar-refractivity contribution in [2.75, 3.05) is 7.05 Å². The van der Waals surface area contributed by atoms with Crippen molar-refractivity contribution in [2.24, 2.45) is 5.73 Å². The number of aryl methyl sites for hydroxylation is 1. The molecule has 0 aromatic carbocycles. The van der Waals surface area contributed by atoms with Crippen molar-refractivity contribution in [1.29, 1.82) is 0 Å². The van der Waals surface area contributed by atoms with E-state index in [4.69, 9.17) is 18.0 Å². The van der Waals surface area contributed by atoms with Crippen molar-refractivity contribution in [3.63, 3.8) is 0 Å². The molecule has 0 aliphatic heterocycles. The van der Waals surface area contributed by atoms with E-state index in [-0.39, 0.29) is 6.04 Å². The fourth-order valence-electron chi connectivity index (χ4n) is 1.09. The zero-order chi connectivity index (χ0) is 10.7. The third-order valence-electron chi connectivity index (χ3n) is 2.15. The van der Waals surface area contributed by atoms with E-state index in [1.54, 1.807) is 11.3 Å². The summed E-state index contributed by atoms with van der Waals surface area (Å²) in [6.07, 6.45) is 0. The SMILES string of the molecule is Cc1nc(CN(C)C(C)C(N)=S)cs1. The average molecular weight is 229 g/mol. The molecule has 1 rings (SSSR count). The van der Waals surface area contributed by atoms with Crippen LogP contribution in [0.15, 0.2) is 5.38 Å². The monoisotopic (exact) mass is 229 g/mol. The van der Waals surface area contributed by atoms with Gasteiger partial charge in [0.1, 0.15) is 0 Å². The Morgan fingerprint density at radius 3 is 2.86 bits per heavy atom. The van der Waals surface area contributed by atoms with E-state index >= 15 is 0 Å². The molecule has 1 atom stereocenters. The molecule has 2 N–H and O–H groups in total. The van der Waals surface area contributed by atoms with Crippen LogP contribution in [0.5, 0.6) is 0 Å². The van der Waals surface area contributed by atoms with E-state index in [9.17, 15) is 0 Å². The van der Waals surface area contributed by atoms with Gasteiger partial charge in [0.05, 0.1) is 21.7 Å². The van der Waals surface area contributed by atoms with Crippen LogP contribution in [0.3, 0.4) is 0 Å². The number of nitrogens with zero attached hydrogens (tertiary/aromatic N) is 2. The molecule has 0 spiro atoms. The molecule has 1 aromatic rings. The molecule has 3 nitrogen and oxygen atoms in total. The van der Waals surface area contributed by atoms with Crippen LogP contribution in [0.4, 0.5) is 0 Å². The number of hydrogen-bond acceptors (Lipinski definition) is 4. The zero-order valence-corrected chi connectivity index (χ0v) is 10.3. The fraction of sp³-hybridized carbons (Fsp3) is 0.556. The van der Waals surface area contributed by atoms with Crippen molar-refractivity contribution < 1.29 is 0 Å². The highest BCUT2D eigenvalue weighted by molar-refractivity contribution is 7.80. The lowest BCUT2D eigenvalue weighted by Crippen LogP contribution is -2.38. The van der Waals surface area contributed by atoms with Crippen molar-refractivity contribution in [3.05, 3.63) is 16.1 Å². The van der Waals surface area contributed by atoms with Crippen LogP contribution in [-0.2, 0) is 6.54 Å². The minimum absolute atomic E-state index is 0.118. The van der Waals surface area contributed by atoms with Gasteiger partial charge in [-0.1, -0.05) is 12.2 Å². The van der Waals surface area contributed by atoms with Gasteiger partial charge in [-0.25, -0.2) is 4.98 Å². The number of hydrogen-bond donors (Lipinski definition) is 1. The predicted molar refractivity (Wildman–Crippen MR) is 64.6 cm³/mol. The topological polar surface area (TPSA) is 42.2 Å². The van der Waals surface area contributed by atoms with E-state index in [0.29, 0.717) is 4.99 Å². The van der Waals surface area contributed by atoms with Gasteiger partial charge in [-0.05, 0) is 20.9 Å².